The average molecular weight is 379 g/mol. The summed E-state index contributed by atoms with van der Waals surface area (Å²) in [6, 6.07) is 11.7. The molecule has 0 bridgehead atoms. The second-order valence-electron chi connectivity index (χ2n) is 4.50. The highest BCUT2D eigenvalue weighted by Crippen LogP contribution is 2.38. The second kappa shape index (κ2) is 5.90. The van der Waals surface area contributed by atoms with Crippen LogP contribution < -0.4 is 0 Å². The van der Waals surface area contributed by atoms with Crippen LogP contribution in [0.3, 0.4) is 0 Å². The van der Waals surface area contributed by atoms with Crippen LogP contribution in [0.1, 0.15) is 10.4 Å². The number of aromatic hydroxyl groups is 1. The number of azo groups is 1. The summed E-state index contributed by atoms with van der Waals surface area (Å²) in [4.78, 5) is 14.8. The molecular formula is C15H9BrClN3O2. The SMILES string of the molecule is O=C(N=Nc1c(O)[nH]c2c(Br)cccc12)c1ccc(Cl)cc1. The Kier molecular flexibility index (Phi) is 3.96. The van der Waals surface area contributed by atoms with E-state index in [1.807, 2.05) is 6.07 Å². The van der Waals surface area contributed by atoms with Gasteiger partial charge in [0.2, 0.25) is 5.88 Å². The van der Waals surface area contributed by atoms with Gasteiger partial charge in [-0.1, -0.05) is 23.7 Å². The maximum absolute atomic E-state index is 12.0. The fourth-order valence-electron chi connectivity index (χ4n) is 2.00. The molecule has 0 aliphatic carbocycles. The van der Waals surface area contributed by atoms with Gasteiger partial charge in [-0.05, 0) is 46.3 Å². The van der Waals surface area contributed by atoms with Gasteiger partial charge >= 0.3 is 0 Å². The van der Waals surface area contributed by atoms with Crippen molar-refractivity contribution in [3.8, 4) is 5.88 Å². The molecule has 2 N–H and O–H groups in total. The first-order valence-corrected chi connectivity index (χ1v) is 7.44. The summed E-state index contributed by atoms with van der Waals surface area (Å²) in [5.41, 5.74) is 1.28. The number of fused-ring (bicyclic) bond motifs is 1. The number of hydrogen-bond donors (Lipinski definition) is 2. The molecule has 0 atom stereocenters. The number of carbonyl (C=O) groups excluding carboxylic acids is 1. The van der Waals surface area contributed by atoms with Gasteiger partial charge < -0.3 is 10.1 Å². The summed E-state index contributed by atoms with van der Waals surface area (Å²) in [5, 5.41) is 18.6. The molecule has 0 saturated heterocycles. The first kappa shape index (κ1) is 14.7. The fraction of sp³-hybridized carbons (Fsp3) is 0. The molecule has 0 spiro atoms. The number of nitrogens with zero attached hydrogens (tertiary/aromatic N) is 2. The van der Waals surface area contributed by atoms with Crippen LogP contribution in [0, 0.1) is 0 Å². The maximum Gasteiger partial charge on any atom is 0.295 e. The van der Waals surface area contributed by atoms with Gasteiger partial charge in [-0.15, -0.1) is 10.2 Å². The van der Waals surface area contributed by atoms with E-state index in [-0.39, 0.29) is 11.6 Å². The fourth-order valence-corrected chi connectivity index (χ4v) is 2.59. The Labute approximate surface area is 138 Å². The highest BCUT2D eigenvalue weighted by Gasteiger charge is 2.13. The Morgan fingerprint density at radius 2 is 1.91 bits per heavy atom. The van der Waals surface area contributed by atoms with Gasteiger partial charge in [0.15, 0.2) is 5.69 Å². The lowest BCUT2D eigenvalue weighted by Crippen LogP contribution is -1.92. The van der Waals surface area contributed by atoms with Crippen molar-refractivity contribution in [1.82, 2.24) is 4.98 Å². The molecule has 22 heavy (non-hydrogen) atoms. The Bertz CT molecular complexity index is 888. The van der Waals surface area contributed by atoms with Gasteiger partial charge in [0.1, 0.15) is 0 Å². The number of benzene rings is 2. The van der Waals surface area contributed by atoms with Crippen molar-refractivity contribution in [1.29, 1.82) is 0 Å². The van der Waals surface area contributed by atoms with Crippen LogP contribution in [0.15, 0.2) is 57.2 Å². The molecular weight excluding hydrogens is 370 g/mol. The highest BCUT2D eigenvalue weighted by atomic mass is 79.9. The zero-order valence-electron chi connectivity index (χ0n) is 11.0. The Morgan fingerprint density at radius 3 is 2.64 bits per heavy atom. The van der Waals surface area contributed by atoms with Gasteiger partial charge in [0, 0.05) is 20.4 Å². The van der Waals surface area contributed by atoms with Gasteiger partial charge in [0.05, 0.1) is 5.52 Å². The number of rotatable bonds is 2. The zero-order valence-corrected chi connectivity index (χ0v) is 13.4. The number of aromatic amines is 1. The van der Waals surface area contributed by atoms with Crippen LogP contribution >= 0.6 is 27.5 Å². The number of amides is 1. The highest BCUT2D eigenvalue weighted by molar-refractivity contribution is 9.10. The number of hydrogen-bond acceptors (Lipinski definition) is 3. The lowest BCUT2D eigenvalue weighted by atomic mass is 10.2. The van der Waals surface area contributed by atoms with E-state index < -0.39 is 5.91 Å². The van der Waals surface area contributed by atoms with Crippen LogP contribution in [-0.4, -0.2) is 16.0 Å². The van der Waals surface area contributed by atoms with Gasteiger partial charge in [0.25, 0.3) is 5.91 Å². The van der Waals surface area contributed by atoms with Crippen LogP contribution in [0.25, 0.3) is 10.9 Å². The van der Waals surface area contributed by atoms with Gasteiger partial charge in [-0.25, -0.2) is 0 Å². The van der Waals surface area contributed by atoms with Crippen molar-refractivity contribution in [3.63, 3.8) is 0 Å². The maximum atomic E-state index is 12.0. The molecule has 110 valence electrons. The van der Waals surface area contributed by atoms with Crippen molar-refractivity contribution in [2.45, 2.75) is 0 Å². The third-order valence-electron chi connectivity index (χ3n) is 3.07. The molecule has 2 aromatic carbocycles. The number of halogens is 2. The zero-order chi connectivity index (χ0) is 15.7. The molecule has 3 rings (SSSR count). The molecule has 0 aliphatic heterocycles. The van der Waals surface area contributed by atoms with Crippen LogP contribution in [0.5, 0.6) is 5.88 Å². The Morgan fingerprint density at radius 1 is 1.18 bits per heavy atom. The smallest absolute Gasteiger partial charge is 0.295 e. The molecule has 1 aromatic heterocycles. The van der Waals surface area contributed by atoms with Crippen molar-refractivity contribution in [2.75, 3.05) is 0 Å². The van der Waals surface area contributed by atoms with Gasteiger partial charge in [-0.2, -0.15) is 0 Å². The minimum atomic E-state index is -0.514. The number of carbonyl (C=O) groups is 1. The molecule has 0 fully saturated rings. The molecule has 0 aliphatic rings. The third-order valence-corrected chi connectivity index (χ3v) is 3.98. The van der Waals surface area contributed by atoms with E-state index in [2.05, 4.69) is 31.1 Å². The Hall–Kier alpha value is -2.18. The summed E-state index contributed by atoms with van der Waals surface area (Å²) in [5.74, 6) is -0.657. The number of H-pyrrole nitrogens is 1. The Balaban J connectivity index is 1.96. The molecule has 5 nitrogen and oxygen atoms in total. The van der Waals surface area contributed by atoms with E-state index in [1.165, 1.54) is 0 Å². The van der Waals surface area contributed by atoms with Crippen LogP contribution in [0.4, 0.5) is 5.69 Å². The average Bonchev–Trinajstić information content (AvgIpc) is 2.83. The molecule has 1 heterocycles. The lowest BCUT2D eigenvalue weighted by Gasteiger charge is -1.95. The summed E-state index contributed by atoms with van der Waals surface area (Å²) in [7, 11) is 0. The van der Waals surface area contributed by atoms with Crippen molar-refractivity contribution in [3.05, 3.63) is 57.5 Å². The molecule has 0 saturated carbocycles. The third kappa shape index (κ3) is 2.75. The normalized spacial score (nSPS) is 11.4. The molecule has 7 heteroatoms. The van der Waals surface area contributed by atoms with Crippen molar-refractivity contribution < 1.29 is 9.90 Å². The van der Waals surface area contributed by atoms with Crippen LogP contribution in [-0.2, 0) is 0 Å². The summed E-state index contributed by atoms with van der Waals surface area (Å²) >= 11 is 9.14. The number of aromatic nitrogens is 1. The van der Waals surface area contributed by atoms with Gasteiger partial charge in [-0.3, -0.25) is 4.79 Å². The second-order valence-corrected chi connectivity index (χ2v) is 5.79. The van der Waals surface area contributed by atoms with E-state index in [4.69, 9.17) is 11.6 Å². The van der Waals surface area contributed by atoms with E-state index in [0.29, 0.717) is 21.5 Å². The largest absolute Gasteiger partial charge is 0.493 e. The predicted octanol–water partition coefficient (Wildman–Crippen LogP) is 5.21. The molecule has 0 radical (unpaired) electrons. The number of nitrogens with one attached hydrogen (secondary N) is 1. The molecule has 1 amide bonds. The van der Waals surface area contributed by atoms with Crippen molar-refractivity contribution in [2.24, 2.45) is 10.2 Å². The first-order chi connectivity index (χ1) is 10.6. The molecule has 0 unspecified atom stereocenters. The summed E-state index contributed by atoms with van der Waals surface area (Å²) in [6.07, 6.45) is 0. The number of para-hydroxylation sites is 1. The van der Waals surface area contributed by atoms with E-state index in [9.17, 15) is 9.90 Å². The molecule has 3 aromatic rings. The van der Waals surface area contributed by atoms with Crippen molar-refractivity contribution >= 4 is 50.0 Å². The van der Waals surface area contributed by atoms with Crippen LogP contribution in [0.2, 0.25) is 5.02 Å². The quantitative estimate of drug-likeness (QED) is 0.600. The monoisotopic (exact) mass is 377 g/mol. The minimum Gasteiger partial charge on any atom is -0.493 e. The lowest BCUT2D eigenvalue weighted by molar-refractivity contribution is 0.0995. The topological polar surface area (TPSA) is 77.8 Å². The van der Waals surface area contributed by atoms with E-state index in [0.717, 1.165) is 4.47 Å². The standard InChI is InChI=1S/C15H9BrClN3O2/c16-11-3-1-2-10-12(11)18-15(22)13(10)19-20-14(21)8-4-6-9(17)7-5-8/h1-7,18,22H. The summed E-state index contributed by atoms with van der Waals surface area (Å²) in [6.45, 7) is 0. The first-order valence-electron chi connectivity index (χ1n) is 6.27. The van der Waals surface area contributed by atoms with E-state index >= 15 is 0 Å². The predicted molar refractivity (Wildman–Crippen MR) is 88.0 cm³/mol. The minimum absolute atomic E-state index is 0.144. The van der Waals surface area contributed by atoms with E-state index in [1.54, 1.807) is 36.4 Å². The summed E-state index contributed by atoms with van der Waals surface area (Å²) < 4.78 is 0.783.